The van der Waals surface area contributed by atoms with Crippen molar-refractivity contribution in [1.82, 2.24) is 9.78 Å². The fourth-order valence-corrected chi connectivity index (χ4v) is 2.88. The van der Waals surface area contributed by atoms with E-state index < -0.39 is 0 Å². The maximum absolute atomic E-state index is 11.3. The molecule has 0 saturated heterocycles. The number of nitro groups is 1. The first kappa shape index (κ1) is 14.8. The van der Waals surface area contributed by atoms with Crippen molar-refractivity contribution in [2.24, 2.45) is 7.05 Å². The van der Waals surface area contributed by atoms with Gasteiger partial charge in [-0.2, -0.15) is 5.10 Å². The van der Waals surface area contributed by atoms with Gasteiger partial charge in [0.05, 0.1) is 17.1 Å². The first-order chi connectivity index (χ1) is 9.58. The normalized spacial score (nSPS) is 22.1. The number of ether oxygens (including phenoxy) is 1. The van der Waals surface area contributed by atoms with Crippen molar-refractivity contribution >= 4 is 11.5 Å². The quantitative estimate of drug-likeness (QED) is 0.639. The van der Waals surface area contributed by atoms with E-state index in [2.05, 4.69) is 10.4 Å². The first-order valence-electron chi connectivity index (χ1n) is 7.08. The molecule has 2 atom stereocenters. The Bertz CT molecular complexity index is 486. The predicted molar refractivity (Wildman–Crippen MR) is 75.9 cm³/mol. The van der Waals surface area contributed by atoms with Gasteiger partial charge in [0.25, 0.3) is 0 Å². The van der Waals surface area contributed by atoms with E-state index in [1.54, 1.807) is 18.8 Å². The topological polar surface area (TPSA) is 82.2 Å². The molecule has 0 spiro atoms. The van der Waals surface area contributed by atoms with E-state index in [-0.39, 0.29) is 22.8 Å². The van der Waals surface area contributed by atoms with Gasteiger partial charge in [0.1, 0.15) is 5.69 Å². The summed E-state index contributed by atoms with van der Waals surface area (Å²) >= 11 is 0. The number of nitrogens with one attached hydrogen (secondary N) is 1. The summed E-state index contributed by atoms with van der Waals surface area (Å²) in [5.41, 5.74) is 0.658. The summed E-state index contributed by atoms with van der Waals surface area (Å²) in [5, 5.41) is 18.9. The van der Waals surface area contributed by atoms with Crippen LogP contribution in [0.25, 0.3) is 0 Å². The van der Waals surface area contributed by atoms with Gasteiger partial charge in [-0.3, -0.25) is 10.1 Å². The number of aryl methyl sites for hydroxylation is 2. The highest BCUT2D eigenvalue weighted by atomic mass is 16.6. The summed E-state index contributed by atoms with van der Waals surface area (Å²) in [6, 6.07) is 0.114. The van der Waals surface area contributed by atoms with Gasteiger partial charge in [-0.25, -0.2) is 4.68 Å². The molecular weight excluding hydrogens is 260 g/mol. The molecule has 7 nitrogen and oxygen atoms in total. The molecule has 7 heteroatoms. The van der Waals surface area contributed by atoms with E-state index in [0.717, 1.165) is 25.7 Å². The van der Waals surface area contributed by atoms with Gasteiger partial charge in [0, 0.05) is 14.2 Å². The first-order valence-corrected chi connectivity index (χ1v) is 7.08. The number of rotatable bonds is 6. The van der Waals surface area contributed by atoms with Crippen LogP contribution in [0.5, 0.6) is 0 Å². The molecule has 1 aliphatic rings. The van der Waals surface area contributed by atoms with Gasteiger partial charge >= 0.3 is 5.69 Å². The maximum atomic E-state index is 11.3. The molecule has 0 radical (unpaired) electrons. The molecule has 0 amide bonds. The Morgan fingerprint density at radius 3 is 2.90 bits per heavy atom. The summed E-state index contributed by atoms with van der Waals surface area (Å²) in [5.74, 6) is 0.493. The summed E-state index contributed by atoms with van der Waals surface area (Å²) in [4.78, 5) is 11.0. The predicted octanol–water partition coefficient (Wildman–Crippen LogP) is 2.26. The second kappa shape index (κ2) is 6.21. The number of hydrogen-bond donors (Lipinski definition) is 1. The molecule has 112 valence electrons. The number of anilines is 1. The summed E-state index contributed by atoms with van der Waals surface area (Å²) < 4.78 is 7.01. The lowest BCUT2D eigenvalue weighted by Gasteiger charge is -2.20. The average Bonchev–Trinajstić information content (AvgIpc) is 2.96. The molecule has 0 bridgehead atoms. The molecule has 1 aromatic rings. The molecule has 1 saturated carbocycles. The van der Waals surface area contributed by atoms with E-state index in [0.29, 0.717) is 17.9 Å². The van der Waals surface area contributed by atoms with Crippen molar-refractivity contribution in [3.05, 3.63) is 15.8 Å². The van der Waals surface area contributed by atoms with E-state index >= 15 is 0 Å². The van der Waals surface area contributed by atoms with Crippen molar-refractivity contribution < 1.29 is 9.66 Å². The lowest BCUT2D eigenvalue weighted by molar-refractivity contribution is -0.384. The van der Waals surface area contributed by atoms with Crippen molar-refractivity contribution in [2.75, 3.05) is 12.4 Å². The zero-order chi connectivity index (χ0) is 14.7. The fraction of sp³-hybridized carbons (Fsp3) is 0.769. The second-order valence-corrected chi connectivity index (χ2v) is 5.23. The molecule has 1 fully saturated rings. The highest BCUT2D eigenvalue weighted by Gasteiger charge is 2.32. The molecule has 2 rings (SSSR count). The van der Waals surface area contributed by atoms with Crippen molar-refractivity contribution in [3.8, 4) is 0 Å². The minimum atomic E-state index is -0.336. The van der Waals surface area contributed by atoms with Crippen LogP contribution in [0.15, 0.2) is 0 Å². The molecule has 20 heavy (non-hydrogen) atoms. The molecule has 1 heterocycles. The lowest BCUT2D eigenvalue weighted by Crippen LogP contribution is -2.30. The van der Waals surface area contributed by atoms with Crippen LogP contribution in [0.3, 0.4) is 0 Å². The summed E-state index contributed by atoms with van der Waals surface area (Å²) in [6.07, 6.45) is 4.58. The van der Waals surface area contributed by atoms with E-state index in [1.807, 2.05) is 6.92 Å². The minimum Gasteiger partial charge on any atom is -0.379 e. The highest BCUT2D eigenvalue weighted by Crippen LogP contribution is 2.32. The number of hydrogen-bond acceptors (Lipinski definition) is 5. The molecule has 2 unspecified atom stereocenters. The average molecular weight is 282 g/mol. The maximum Gasteiger partial charge on any atom is 0.334 e. The lowest BCUT2D eigenvalue weighted by atomic mass is 10.2. The Balaban J connectivity index is 2.28. The Kier molecular flexibility index (Phi) is 4.59. The van der Waals surface area contributed by atoms with Gasteiger partial charge in [-0.05, 0) is 25.7 Å². The second-order valence-electron chi connectivity index (χ2n) is 5.23. The standard InChI is InChI=1S/C13H22N4O3/c1-4-6-10-12(17(18)19)13(16(2)15-10)14-9-7-5-8-11(9)20-3/h9,11,14H,4-8H2,1-3H3. The van der Waals surface area contributed by atoms with Crippen LogP contribution in [-0.2, 0) is 18.2 Å². The Hall–Kier alpha value is -1.63. The SMILES string of the molecule is CCCc1nn(C)c(NC2CCCC2OC)c1[N+](=O)[O-]. The molecule has 1 aliphatic carbocycles. The van der Waals surface area contributed by atoms with Crippen LogP contribution in [0.4, 0.5) is 11.5 Å². The van der Waals surface area contributed by atoms with Gasteiger partial charge in [-0.1, -0.05) is 13.3 Å². The number of aromatic nitrogens is 2. The third-order valence-electron chi connectivity index (χ3n) is 3.84. The van der Waals surface area contributed by atoms with Gasteiger partial charge in [0.2, 0.25) is 5.82 Å². The van der Waals surface area contributed by atoms with Crippen molar-refractivity contribution in [2.45, 2.75) is 51.2 Å². The molecule has 1 N–H and O–H groups in total. The van der Waals surface area contributed by atoms with E-state index in [1.165, 1.54) is 0 Å². The fourth-order valence-electron chi connectivity index (χ4n) is 2.88. The molecule has 0 aromatic carbocycles. The van der Waals surface area contributed by atoms with Gasteiger partial charge < -0.3 is 10.1 Å². The van der Waals surface area contributed by atoms with Crippen LogP contribution in [0, 0.1) is 10.1 Å². The zero-order valence-corrected chi connectivity index (χ0v) is 12.3. The molecular formula is C13H22N4O3. The van der Waals surface area contributed by atoms with Crippen molar-refractivity contribution in [1.29, 1.82) is 0 Å². The van der Waals surface area contributed by atoms with E-state index in [9.17, 15) is 10.1 Å². The van der Waals surface area contributed by atoms with Gasteiger partial charge in [0.15, 0.2) is 0 Å². The molecule has 0 aliphatic heterocycles. The highest BCUT2D eigenvalue weighted by molar-refractivity contribution is 5.60. The summed E-state index contributed by atoms with van der Waals surface area (Å²) in [7, 11) is 3.43. The number of methoxy groups -OCH3 is 1. The monoisotopic (exact) mass is 282 g/mol. The van der Waals surface area contributed by atoms with Crippen LogP contribution in [0.2, 0.25) is 0 Å². The smallest absolute Gasteiger partial charge is 0.334 e. The van der Waals surface area contributed by atoms with E-state index in [4.69, 9.17) is 4.74 Å². The van der Waals surface area contributed by atoms with Crippen LogP contribution < -0.4 is 5.32 Å². The third kappa shape index (κ3) is 2.77. The van der Waals surface area contributed by atoms with Crippen molar-refractivity contribution in [3.63, 3.8) is 0 Å². The van der Waals surface area contributed by atoms with Crippen LogP contribution in [0.1, 0.15) is 38.3 Å². The third-order valence-corrected chi connectivity index (χ3v) is 3.84. The largest absolute Gasteiger partial charge is 0.379 e. The molecule has 1 aromatic heterocycles. The Morgan fingerprint density at radius 1 is 1.55 bits per heavy atom. The summed E-state index contributed by atoms with van der Waals surface area (Å²) in [6.45, 7) is 1.99. The number of nitrogens with zero attached hydrogens (tertiary/aromatic N) is 3. The van der Waals surface area contributed by atoms with Crippen LogP contribution >= 0.6 is 0 Å². The Morgan fingerprint density at radius 2 is 2.30 bits per heavy atom. The zero-order valence-electron chi connectivity index (χ0n) is 12.3. The van der Waals surface area contributed by atoms with Crippen LogP contribution in [-0.4, -0.2) is 34.0 Å². The minimum absolute atomic E-state index is 0.108. The van der Waals surface area contributed by atoms with Gasteiger partial charge in [-0.15, -0.1) is 0 Å². The Labute approximate surface area is 118 Å².